The predicted molar refractivity (Wildman–Crippen MR) is 104 cm³/mol. The van der Waals surface area contributed by atoms with Gasteiger partial charge in [-0.2, -0.15) is 0 Å². The minimum Gasteiger partial charge on any atom is -0.387 e. The first-order chi connectivity index (χ1) is 11.7. The van der Waals surface area contributed by atoms with E-state index < -0.39 is 6.10 Å². The van der Waals surface area contributed by atoms with E-state index in [4.69, 9.17) is 0 Å². The van der Waals surface area contributed by atoms with Crippen molar-refractivity contribution in [3.05, 3.63) is 87.9 Å². The molecule has 3 heteroatoms. The monoisotopic (exact) mass is 383 g/mol. The summed E-state index contributed by atoms with van der Waals surface area (Å²) in [6.07, 6.45) is 7.23. The number of aliphatic hydroxyl groups is 1. The number of aliphatic hydroxyl groups excluding tert-OH is 1. The summed E-state index contributed by atoms with van der Waals surface area (Å²) >= 11 is 3.45. The van der Waals surface area contributed by atoms with Crippen LogP contribution >= 0.6 is 15.9 Å². The van der Waals surface area contributed by atoms with Crippen molar-refractivity contribution in [2.24, 2.45) is 0 Å². The molecular weight excluding hydrogens is 362 g/mol. The molecule has 0 radical (unpaired) electrons. The molecule has 0 fully saturated rings. The molecule has 0 saturated carbocycles. The van der Waals surface area contributed by atoms with Crippen LogP contribution in [0.2, 0.25) is 0 Å². The fourth-order valence-electron chi connectivity index (χ4n) is 2.85. The molecule has 2 aromatic carbocycles. The lowest BCUT2D eigenvalue weighted by Crippen LogP contribution is -2.32. The van der Waals surface area contributed by atoms with E-state index >= 15 is 0 Å². The lowest BCUT2D eigenvalue weighted by Gasteiger charge is -2.27. The second-order valence-corrected chi connectivity index (χ2v) is 7.02. The second-order valence-electron chi connectivity index (χ2n) is 6.10. The number of allylic oxidation sites excluding steroid dienone is 1. The van der Waals surface area contributed by atoms with Gasteiger partial charge in [-0.3, -0.25) is 4.90 Å². The van der Waals surface area contributed by atoms with E-state index in [-0.39, 0.29) is 0 Å². The number of hydrogen-bond acceptors (Lipinski definition) is 2. The van der Waals surface area contributed by atoms with Crippen molar-refractivity contribution in [1.29, 1.82) is 0 Å². The third kappa shape index (κ3) is 4.91. The minimum atomic E-state index is -0.417. The molecule has 1 unspecified atom stereocenters. The summed E-state index contributed by atoms with van der Waals surface area (Å²) in [4.78, 5) is 2.30. The maximum Gasteiger partial charge on any atom is 0.0917 e. The molecule has 0 aliphatic carbocycles. The zero-order valence-corrected chi connectivity index (χ0v) is 15.2. The Balaban J connectivity index is 1.53. The number of nitrogens with zero attached hydrogens (tertiary/aromatic N) is 1. The van der Waals surface area contributed by atoms with Gasteiger partial charge in [-0.25, -0.2) is 0 Å². The van der Waals surface area contributed by atoms with Crippen LogP contribution in [0.3, 0.4) is 0 Å². The van der Waals surface area contributed by atoms with Gasteiger partial charge in [0, 0.05) is 24.1 Å². The quantitative estimate of drug-likeness (QED) is 0.799. The van der Waals surface area contributed by atoms with Crippen LogP contribution < -0.4 is 0 Å². The van der Waals surface area contributed by atoms with Crippen LogP contribution in [0.1, 0.15) is 23.7 Å². The fourth-order valence-corrected chi connectivity index (χ4v) is 3.11. The Hall–Kier alpha value is -1.68. The summed E-state index contributed by atoms with van der Waals surface area (Å²) < 4.78 is 1.10. The smallest absolute Gasteiger partial charge is 0.0917 e. The number of β-amino-alcohol motifs (C(OH)–C–C–N with tert-alkyl or cyclic N) is 1. The second kappa shape index (κ2) is 8.43. The Morgan fingerprint density at radius 2 is 1.79 bits per heavy atom. The van der Waals surface area contributed by atoms with E-state index in [9.17, 15) is 5.11 Å². The van der Waals surface area contributed by atoms with E-state index in [0.717, 1.165) is 29.5 Å². The van der Waals surface area contributed by atoms with Crippen LogP contribution in [-0.4, -0.2) is 29.6 Å². The molecule has 124 valence electrons. The van der Waals surface area contributed by atoms with Crippen LogP contribution in [0.25, 0.3) is 6.08 Å². The van der Waals surface area contributed by atoms with Crippen molar-refractivity contribution in [1.82, 2.24) is 4.90 Å². The maximum atomic E-state index is 10.3. The molecule has 24 heavy (non-hydrogen) atoms. The standard InChI is InChI=1S/C21H22BrNO/c22-20-10-8-17(9-11-20)6-7-18-12-14-23(15-13-18)16-21(24)19-4-2-1-3-5-19/h1-12,21,24H,13-16H2/b7-6+. The van der Waals surface area contributed by atoms with Gasteiger partial charge in [-0.15, -0.1) is 0 Å². The van der Waals surface area contributed by atoms with Gasteiger partial charge in [-0.05, 0) is 35.3 Å². The molecule has 0 aromatic heterocycles. The molecule has 3 rings (SSSR count). The highest BCUT2D eigenvalue weighted by Gasteiger charge is 2.15. The van der Waals surface area contributed by atoms with Crippen LogP contribution in [0.15, 0.2) is 76.8 Å². The number of hydrogen-bond donors (Lipinski definition) is 1. The van der Waals surface area contributed by atoms with Gasteiger partial charge in [0.15, 0.2) is 0 Å². The summed E-state index contributed by atoms with van der Waals surface area (Å²) in [5.74, 6) is 0. The number of benzene rings is 2. The third-order valence-corrected chi connectivity index (χ3v) is 4.83. The first-order valence-electron chi connectivity index (χ1n) is 8.29. The van der Waals surface area contributed by atoms with Crippen molar-refractivity contribution in [2.45, 2.75) is 12.5 Å². The normalized spacial score (nSPS) is 17.0. The Kier molecular flexibility index (Phi) is 6.02. The summed E-state index contributed by atoms with van der Waals surface area (Å²) in [5, 5.41) is 10.3. The highest BCUT2D eigenvalue weighted by Crippen LogP contribution is 2.19. The topological polar surface area (TPSA) is 23.5 Å². The Labute approximate surface area is 152 Å². The van der Waals surface area contributed by atoms with Crippen molar-refractivity contribution < 1.29 is 5.11 Å². The summed E-state index contributed by atoms with van der Waals surface area (Å²) in [6, 6.07) is 18.2. The molecule has 1 heterocycles. The van der Waals surface area contributed by atoms with Gasteiger partial charge < -0.3 is 5.11 Å². The largest absolute Gasteiger partial charge is 0.387 e. The van der Waals surface area contributed by atoms with Crippen molar-refractivity contribution in [2.75, 3.05) is 19.6 Å². The Morgan fingerprint density at radius 3 is 2.46 bits per heavy atom. The number of rotatable bonds is 5. The SMILES string of the molecule is OC(CN1CC=C(/C=C/c2ccc(Br)cc2)CC1)c1ccccc1. The summed E-state index contributed by atoms with van der Waals surface area (Å²) in [6.45, 7) is 2.56. The van der Waals surface area contributed by atoms with Gasteiger partial charge >= 0.3 is 0 Å². The average Bonchev–Trinajstić information content (AvgIpc) is 2.63. The van der Waals surface area contributed by atoms with E-state index in [0.29, 0.717) is 6.54 Å². The molecular formula is C21H22BrNO. The van der Waals surface area contributed by atoms with Gasteiger partial charge in [0.2, 0.25) is 0 Å². The Bertz CT molecular complexity index is 706. The van der Waals surface area contributed by atoms with Crippen LogP contribution in [0.5, 0.6) is 0 Å². The fraction of sp³-hybridized carbons (Fsp3) is 0.238. The van der Waals surface area contributed by atoms with Gasteiger partial charge in [-0.1, -0.05) is 76.6 Å². The minimum absolute atomic E-state index is 0.417. The lowest BCUT2D eigenvalue weighted by molar-refractivity contribution is 0.118. The summed E-state index contributed by atoms with van der Waals surface area (Å²) in [7, 11) is 0. The van der Waals surface area contributed by atoms with E-state index in [1.807, 2.05) is 30.3 Å². The van der Waals surface area contributed by atoms with E-state index in [1.54, 1.807) is 0 Å². The van der Waals surface area contributed by atoms with Gasteiger partial charge in [0.05, 0.1) is 6.10 Å². The molecule has 0 amide bonds. The highest BCUT2D eigenvalue weighted by atomic mass is 79.9. The van der Waals surface area contributed by atoms with Crippen molar-refractivity contribution in [3.8, 4) is 0 Å². The molecule has 0 spiro atoms. The van der Waals surface area contributed by atoms with Crippen LogP contribution in [0, 0.1) is 0 Å². The third-order valence-electron chi connectivity index (χ3n) is 4.30. The molecule has 2 aromatic rings. The van der Waals surface area contributed by atoms with Crippen molar-refractivity contribution >= 4 is 22.0 Å². The maximum absolute atomic E-state index is 10.3. The molecule has 2 nitrogen and oxygen atoms in total. The van der Waals surface area contributed by atoms with Crippen LogP contribution in [0.4, 0.5) is 0 Å². The lowest BCUT2D eigenvalue weighted by atomic mass is 10.0. The molecule has 0 saturated heterocycles. The first-order valence-corrected chi connectivity index (χ1v) is 9.08. The number of halogens is 1. The van der Waals surface area contributed by atoms with Crippen LogP contribution in [-0.2, 0) is 0 Å². The summed E-state index contributed by atoms with van der Waals surface area (Å²) in [5.41, 5.74) is 3.56. The highest BCUT2D eigenvalue weighted by molar-refractivity contribution is 9.10. The van der Waals surface area contributed by atoms with Gasteiger partial charge in [0.1, 0.15) is 0 Å². The molecule has 1 atom stereocenters. The zero-order chi connectivity index (χ0) is 16.8. The molecule has 1 aliphatic rings. The molecule has 0 bridgehead atoms. The molecule has 1 aliphatic heterocycles. The Morgan fingerprint density at radius 1 is 1.04 bits per heavy atom. The predicted octanol–water partition coefficient (Wildman–Crippen LogP) is 4.83. The average molecular weight is 384 g/mol. The zero-order valence-electron chi connectivity index (χ0n) is 13.6. The molecule has 1 N–H and O–H groups in total. The first kappa shape index (κ1) is 17.2. The van der Waals surface area contributed by atoms with E-state index in [2.05, 4.69) is 63.3 Å². The van der Waals surface area contributed by atoms with Gasteiger partial charge in [0.25, 0.3) is 0 Å². The van der Waals surface area contributed by atoms with Crippen molar-refractivity contribution in [3.63, 3.8) is 0 Å². The van der Waals surface area contributed by atoms with E-state index in [1.165, 1.54) is 11.1 Å².